The van der Waals surface area contributed by atoms with Crippen LogP contribution in [0.25, 0.3) is 0 Å². The minimum atomic E-state index is -4.69. The van der Waals surface area contributed by atoms with Gasteiger partial charge in [-0.1, -0.05) is 6.08 Å². The monoisotopic (exact) mass is 142 g/mol. The number of allylic oxidation sites excluding steroid dienone is 1. The number of hydrogen-bond donors (Lipinski definition) is 1. The molecule has 8 heavy (non-hydrogen) atoms. The van der Waals surface area contributed by atoms with E-state index in [1.807, 2.05) is 6.92 Å². The highest BCUT2D eigenvalue weighted by Gasteiger charge is 1.98. The van der Waals surface area contributed by atoms with Gasteiger partial charge in [-0.2, -0.15) is 14.0 Å². The Bertz CT molecular complexity index is 50.8. The van der Waals surface area contributed by atoms with Crippen molar-refractivity contribution >= 4 is 0 Å². The second-order valence-corrected chi connectivity index (χ2v) is 1.60. The summed E-state index contributed by atoms with van der Waals surface area (Å²) in [5, 5.41) is 0. The molecular weight excluding hydrogens is 135 g/mol. The average molecular weight is 143 g/mol. The first-order valence-electron chi connectivity index (χ1n) is 1.62. The molecule has 4 nitrogen and oxygen atoms in total. The molecule has 0 saturated heterocycles. The summed E-state index contributed by atoms with van der Waals surface area (Å²) in [7, 11) is -4.69. The normalized spacial score (nSPS) is 9.12. The summed E-state index contributed by atoms with van der Waals surface area (Å²) in [4.78, 5) is 0. The zero-order chi connectivity index (χ0) is 7.21. The van der Waals surface area contributed by atoms with E-state index in [2.05, 4.69) is 6.58 Å². The molecule has 0 aromatic carbocycles. The first-order valence-corrected chi connectivity index (χ1v) is 2.88. The fourth-order valence-corrected chi connectivity index (χ4v) is 0. The van der Waals surface area contributed by atoms with Gasteiger partial charge in [0.15, 0.2) is 0 Å². The van der Waals surface area contributed by atoms with Gasteiger partial charge in [0.05, 0.1) is 14.9 Å². The molecule has 0 aliphatic carbocycles. The van der Waals surface area contributed by atoms with Crippen LogP contribution in [0.2, 0.25) is 0 Å². The smallest absolute Gasteiger partial charge is 0.0777 e. The molecule has 0 aliphatic rings. The Morgan fingerprint density at radius 3 is 1.50 bits per heavy atom. The Kier molecular flexibility index (Phi) is 6.76. The molecule has 0 spiro atoms. The topological polar surface area (TPSA) is 89.4 Å². The zero-order valence-electron chi connectivity index (χ0n) is 4.33. The standard InChI is InChI=1S/C3H6.ClHO4/c1-3-2;2-1(3,4)5/h3H,1H2,2H3;(H,2,3,4,5). The predicted octanol–water partition coefficient (Wildman–Crippen LogP) is -2.93. The fraction of sp³-hybridized carbons (Fsp3) is 0.333. The second kappa shape index (κ2) is 5.02. The maximum absolute atomic E-state index is 8.60. The van der Waals surface area contributed by atoms with Gasteiger partial charge in [0.25, 0.3) is 0 Å². The van der Waals surface area contributed by atoms with E-state index in [0.29, 0.717) is 0 Å². The van der Waals surface area contributed by atoms with E-state index < -0.39 is 10.2 Å². The SMILES string of the molecule is C=CC.[O-][Cl+3]([O-])([O-])O. The first-order chi connectivity index (χ1) is 3.41. The van der Waals surface area contributed by atoms with Crippen molar-refractivity contribution in [2.24, 2.45) is 0 Å². The van der Waals surface area contributed by atoms with E-state index in [9.17, 15) is 0 Å². The Labute approximate surface area is 49.4 Å². The van der Waals surface area contributed by atoms with Gasteiger partial charge in [-0.05, 0) is 6.92 Å². The van der Waals surface area contributed by atoms with Crippen LogP contribution in [0.3, 0.4) is 0 Å². The Hall–Kier alpha value is -0.130. The highest BCUT2D eigenvalue weighted by Crippen LogP contribution is 1.60. The van der Waals surface area contributed by atoms with Crippen molar-refractivity contribution in [3.05, 3.63) is 12.7 Å². The Balaban J connectivity index is 0. The minimum Gasteiger partial charge on any atom is -0.183 e. The number of halogens is 1. The van der Waals surface area contributed by atoms with Gasteiger partial charge in [-0.25, -0.2) is 0 Å². The van der Waals surface area contributed by atoms with Crippen molar-refractivity contribution < 1.29 is 28.9 Å². The van der Waals surface area contributed by atoms with E-state index in [1.165, 1.54) is 0 Å². The van der Waals surface area contributed by atoms with Crippen LogP contribution in [0.4, 0.5) is 0 Å². The maximum atomic E-state index is 8.60. The lowest BCUT2D eigenvalue weighted by molar-refractivity contribution is -1.92. The van der Waals surface area contributed by atoms with Crippen LogP contribution in [0.1, 0.15) is 6.92 Å². The van der Waals surface area contributed by atoms with Crippen molar-refractivity contribution in [1.29, 1.82) is 0 Å². The summed E-state index contributed by atoms with van der Waals surface area (Å²) in [5.74, 6) is 0. The third kappa shape index (κ3) is 8240. The van der Waals surface area contributed by atoms with E-state index in [-0.39, 0.29) is 0 Å². The van der Waals surface area contributed by atoms with Gasteiger partial charge in [0.1, 0.15) is 0 Å². The van der Waals surface area contributed by atoms with Crippen LogP contribution < -0.4 is 14.0 Å². The summed E-state index contributed by atoms with van der Waals surface area (Å²) < 4.78 is 32.7. The summed E-state index contributed by atoms with van der Waals surface area (Å²) in [6.45, 7) is 5.25. The Morgan fingerprint density at radius 1 is 1.50 bits per heavy atom. The van der Waals surface area contributed by atoms with Crippen molar-refractivity contribution in [1.82, 2.24) is 0 Å². The molecule has 0 rings (SSSR count). The molecule has 0 aromatic rings. The van der Waals surface area contributed by atoms with Crippen LogP contribution in [0.5, 0.6) is 0 Å². The lowest BCUT2D eigenvalue weighted by atomic mass is 10.8. The van der Waals surface area contributed by atoms with Gasteiger partial charge < -0.3 is 0 Å². The molecule has 0 aromatic heterocycles. The Morgan fingerprint density at radius 2 is 1.50 bits per heavy atom. The zero-order valence-corrected chi connectivity index (χ0v) is 5.09. The molecule has 0 heterocycles. The highest BCUT2D eigenvalue weighted by molar-refractivity contribution is 4.51. The van der Waals surface area contributed by atoms with Crippen LogP contribution >= 0.6 is 0 Å². The number of rotatable bonds is 0. The minimum absolute atomic E-state index is 1.75. The molecule has 0 saturated carbocycles. The third-order valence-corrected chi connectivity index (χ3v) is 0. The summed E-state index contributed by atoms with van der Waals surface area (Å²) in [5.41, 5.74) is 0. The maximum Gasteiger partial charge on any atom is 0.0777 e. The van der Waals surface area contributed by atoms with Gasteiger partial charge in [-0.15, -0.1) is 6.58 Å². The van der Waals surface area contributed by atoms with Crippen LogP contribution in [0.15, 0.2) is 12.7 Å². The van der Waals surface area contributed by atoms with Gasteiger partial charge >= 0.3 is 0 Å². The van der Waals surface area contributed by atoms with Gasteiger partial charge in [0, 0.05) is 0 Å². The molecule has 0 atom stereocenters. The van der Waals surface area contributed by atoms with Gasteiger partial charge in [0.2, 0.25) is 0 Å². The lowest BCUT2D eigenvalue weighted by Gasteiger charge is -2.03. The highest BCUT2D eigenvalue weighted by atomic mass is 35.7. The van der Waals surface area contributed by atoms with Crippen LogP contribution in [-0.2, 0) is 0 Å². The molecular formula is C3H7ClO4. The van der Waals surface area contributed by atoms with Crippen LogP contribution in [0, 0.1) is 10.2 Å². The molecule has 0 bridgehead atoms. The number of hydrogen-bond acceptors (Lipinski definition) is 4. The van der Waals surface area contributed by atoms with Crippen LogP contribution in [-0.4, -0.2) is 4.66 Å². The summed E-state index contributed by atoms with van der Waals surface area (Å²) in [6.07, 6.45) is 1.75. The lowest BCUT2D eigenvalue weighted by Crippen LogP contribution is -2.58. The van der Waals surface area contributed by atoms with E-state index in [0.717, 1.165) is 0 Å². The molecule has 0 radical (unpaired) electrons. The van der Waals surface area contributed by atoms with E-state index in [4.69, 9.17) is 18.6 Å². The van der Waals surface area contributed by atoms with Crippen molar-refractivity contribution in [2.45, 2.75) is 6.92 Å². The average Bonchev–Trinajstić information content (AvgIpc) is 1.27. The summed E-state index contributed by atoms with van der Waals surface area (Å²) in [6, 6.07) is 0. The molecule has 50 valence electrons. The molecule has 1 N–H and O–H groups in total. The second-order valence-electron chi connectivity index (χ2n) is 0.804. The van der Waals surface area contributed by atoms with Crippen molar-refractivity contribution in [2.75, 3.05) is 0 Å². The molecule has 0 amide bonds. The van der Waals surface area contributed by atoms with Gasteiger partial charge in [-0.3, -0.25) is 0 Å². The third-order valence-electron chi connectivity index (χ3n) is 0. The summed E-state index contributed by atoms with van der Waals surface area (Å²) >= 11 is 0. The molecule has 0 aliphatic heterocycles. The predicted molar refractivity (Wildman–Crippen MR) is 18.1 cm³/mol. The molecule has 0 fully saturated rings. The largest absolute Gasteiger partial charge is 0.183 e. The molecule has 5 heteroatoms. The van der Waals surface area contributed by atoms with E-state index >= 15 is 0 Å². The first kappa shape index (κ1) is 10.8. The van der Waals surface area contributed by atoms with E-state index in [1.54, 1.807) is 6.08 Å². The fourth-order valence-electron chi connectivity index (χ4n) is 0. The van der Waals surface area contributed by atoms with Crippen molar-refractivity contribution in [3.8, 4) is 0 Å². The quantitative estimate of drug-likeness (QED) is 0.367. The molecule has 0 unspecified atom stereocenters. The van der Waals surface area contributed by atoms with Crippen molar-refractivity contribution in [3.63, 3.8) is 0 Å².